The van der Waals surface area contributed by atoms with Gasteiger partial charge in [0.25, 0.3) is 10.0 Å². The summed E-state index contributed by atoms with van der Waals surface area (Å²) < 4.78 is 29.9. The highest BCUT2D eigenvalue weighted by atomic mass is 35.5. The summed E-state index contributed by atoms with van der Waals surface area (Å²) in [6.07, 6.45) is 0. The molecule has 0 aliphatic heterocycles. The molecule has 2 aromatic carbocycles. The van der Waals surface area contributed by atoms with Crippen LogP contribution in [-0.2, 0) is 10.0 Å². The molecule has 25 heavy (non-hydrogen) atoms. The van der Waals surface area contributed by atoms with Crippen molar-refractivity contribution in [3.8, 4) is 5.69 Å². The quantitative estimate of drug-likeness (QED) is 0.741. The van der Waals surface area contributed by atoms with Gasteiger partial charge in [-0.1, -0.05) is 41.4 Å². The lowest BCUT2D eigenvalue weighted by atomic mass is 10.2. The molecule has 0 fully saturated rings. The Kier molecular flexibility index (Phi) is 4.58. The van der Waals surface area contributed by atoms with E-state index >= 15 is 0 Å². The SMILES string of the molecule is Cc1ccc(-n2nc(C)c(S(=O)(=O)Nc3ccccc3Cl)c2C)cc1. The van der Waals surface area contributed by atoms with E-state index in [0.717, 1.165) is 11.3 Å². The molecule has 0 aliphatic carbocycles. The van der Waals surface area contributed by atoms with Gasteiger partial charge in [-0.15, -0.1) is 0 Å². The van der Waals surface area contributed by atoms with Crippen molar-refractivity contribution >= 4 is 27.3 Å². The highest BCUT2D eigenvalue weighted by Gasteiger charge is 2.25. The Bertz CT molecular complexity index is 1020. The van der Waals surface area contributed by atoms with Crippen LogP contribution in [0.4, 0.5) is 5.69 Å². The minimum atomic E-state index is -3.81. The van der Waals surface area contributed by atoms with Crippen LogP contribution in [0, 0.1) is 20.8 Å². The van der Waals surface area contributed by atoms with Crippen LogP contribution in [0.15, 0.2) is 53.4 Å². The van der Waals surface area contributed by atoms with Crippen molar-refractivity contribution in [2.45, 2.75) is 25.7 Å². The molecule has 3 rings (SSSR count). The topological polar surface area (TPSA) is 64.0 Å². The molecule has 1 N–H and O–H groups in total. The zero-order chi connectivity index (χ0) is 18.2. The Morgan fingerprint density at radius 1 is 1.00 bits per heavy atom. The Labute approximate surface area is 152 Å². The molecule has 0 radical (unpaired) electrons. The summed E-state index contributed by atoms with van der Waals surface area (Å²) >= 11 is 6.07. The lowest BCUT2D eigenvalue weighted by Crippen LogP contribution is -2.15. The summed E-state index contributed by atoms with van der Waals surface area (Å²) in [6.45, 7) is 5.41. The minimum Gasteiger partial charge on any atom is -0.278 e. The second-order valence-corrected chi connectivity index (χ2v) is 7.86. The molecule has 0 unspecified atom stereocenters. The molecular formula is C18H18ClN3O2S. The van der Waals surface area contributed by atoms with Gasteiger partial charge in [-0.3, -0.25) is 4.72 Å². The maximum atomic E-state index is 12.9. The number of benzene rings is 2. The Morgan fingerprint density at radius 2 is 1.64 bits per heavy atom. The van der Waals surface area contributed by atoms with E-state index in [-0.39, 0.29) is 4.90 Å². The predicted molar refractivity (Wildman–Crippen MR) is 100 cm³/mol. The molecule has 1 aromatic heterocycles. The summed E-state index contributed by atoms with van der Waals surface area (Å²) in [4.78, 5) is 0.160. The molecule has 1 heterocycles. The van der Waals surface area contributed by atoms with E-state index < -0.39 is 10.0 Å². The van der Waals surface area contributed by atoms with E-state index in [9.17, 15) is 8.42 Å². The van der Waals surface area contributed by atoms with E-state index in [4.69, 9.17) is 11.6 Å². The van der Waals surface area contributed by atoms with Gasteiger partial charge >= 0.3 is 0 Å². The molecule has 0 bridgehead atoms. The smallest absolute Gasteiger partial charge is 0.265 e. The van der Waals surface area contributed by atoms with Crippen molar-refractivity contribution in [1.82, 2.24) is 9.78 Å². The van der Waals surface area contributed by atoms with Crippen LogP contribution in [0.2, 0.25) is 5.02 Å². The number of hydrogen-bond acceptors (Lipinski definition) is 3. The molecule has 0 aliphatic rings. The monoisotopic (exact) mass is 375 g/mol. The van der Waals surface area contributed by atoms with E-state index in [1.54, 1.807) is 42.8 Å². The second kappa shape index (κ2) is 6.54. The number of hydrogen-bond donors (Lipinski definition) is 1. The van der Waals surface area contributed by atoms with Gasteiger partial charge in [0.15, 0.2) is 0 Å². The predicted octanol–water partition coefficient (Wildman–Crippen LogP) is 4.25. The zero-order valence-corrected chi connectivity index (χ0v) is 15.7. The van der Waals surface area contributed by atoms with Gasteiger partial charge in [0, 0.05) is 0 Å². The summed E-state index contributed by atoms with van der Waals surface area (Å²) in [6, 6.07) is 14.5. The van der Waals surface area contributed by atoms with Crippen LogP contribution in [0.25, 0.3) is 5.69 Å². The maximum Gasteiger partial charge on any atom is 0.265 e. The van der Waals surface area contributed by atoms with Crippen LogP contribution in [0.1, 0.15) is 17.0 Å². The molecule has 5 nitrogen and oxygen atoms in total. The molecule has 0 saturated carbocycles. The van der Waals surface area contributed by atoms with Crippen LogP contribution in [0.5, 0.6) is 0 Å². The van der Waals surface area contributed by atoms with Crippen molar-refractivity contribution in [1.29, 1.82) is 0 Å². The maximum absolute atomic E-state index is 12.9. The second-order valence-electron chi connectivity index (χ2n) is 5.83. The van der Waals surface area contributed by atoms with Gasteiger partial charge in [-0.05, 0) is 45.0 Å². The molecule has 0 atom stereocenters. The molecule has 0 amide bonds. The fourth-order valence-corrected chi connectivity index (χ4v) is 4.41. The first-order valence-corrected chi connectivity index (χ1v) is 9.56. The first-order valence-electron chi connectivity index (χ1n) is 7.70. The molecular weight excluding hydrogens is 358 g/mol. The third-order valence-corrected chi connectivity index (χ3v) is 5.84. The van der Waals surface area contributed by atoms with E-state index in [2.05, 4.69) is 9.82 Å². The third kappa shape index (κ3) is 3.41. The lowest BCUT2D eigenvalue weighted by Gasteiger charge is -2.10. The first-order chi connectivity index (χ1) is 11.8. The standard InChI is InChI=1S/C18H18ClN3O2S/c1-12-8-10-15(11-9-12)22-14(3)18(13(2)20-22)25(23,24)21-17-7-5-4-6-16(17)19/h4-11,21H,1-3H3. The Hall–Kier alpha value is -2.31. The number of rotatable bonds is 4. The number of aryl methyl sites for hydroxylation is 2. The zero-order valence-electron chi connectivity index (χ0n) is 14.1. The van der Waals surface area contributed by atoms with Gasteiger partial charge in [0.1, 0.15) is 4.90 Å². The number of anilines is 1. The summed E-state index contributed by atoms with van der Waals surface area (Å²) in [5.74, 6) is 0. The number of sulfonamides is 1. The van der Waals surface area contributed by atoms with Crippen molar-refractivity contribution in [3.63, 3.8) is 0 Å². The third-order valence-electron chi connectivity index (χ3n) is 3.89. The van der Waals surface area contributed by atoms with Crippen LogP contribution in [0.3, 0.4) is 0 Å². The fraction of sp³-hybridized carbons (Fsp3) is 0.167. The fourth-order valence-electron chi connectivity index (χ4n) is 2.69. The molecule has 130 valence electrons. The molecule has 3 aromatic rings. The van der Waals surface area contributed by atoms with E-state index in [1.165, 1.54) is 0 Å². The molecule has 0 saturated heterocycles. The number of aromatic nitrogens is 2. The first kappa shape index (κ1) is 17.5. The van der Waals surface area contributed by atoms with Crippen molar-refractivity contribution in [2.75, 3.05) is 4.72 Å². The lowest BCUT2D eigenvalue weighted by molar-refractivity contribution is 0.600. The highest BCUT2D eigenvalue weighted by Crippen LogP contribution is 2.28. The minimum absolute atomic E-state index is 0.160. The largest absolute Gasteiger partial charge is 0.278 e. The van der Waals surface area contributed by atoms with Gasteiger partial charge in [-0.2, -0.15) is 5.10 Å². The van der Waals surface area contributed by atoms with Crippen LogP contribution < -0.4 is 4.72 Å². The van der Waals surface area contributed by atoms with Gasteiger partial charge in [0.2, 0.25) is 0 Å². The molecule has 0 spiro atoms. The Balaban J connectivity index is 2.05. The van der Waals surface area contributed by atoms with Gasteiger partial charge in [-0.25, -0.2) is 13.1 Å². The number of para-hydroxylation sites is 1. The van der Waals surface area contributed by atoms with Crippen molar-refractivity contribution in [3.05, 3.63) is 70.5 Å². The van der Waals surface area contributed by atoms with Crippen molar-refractivity contribution < 1.29 is 8.42 Å². The van der Waals surface area contributed by atoms with Crippen molar-refractivity contribution in [2.24, 2.45) is 0 Å². The summed E-state index contributed by atoms with van der Waals surface area (Å²) in [7, 11) is -3.81. The van der Waals surface area contributed by atoms with Crippen LogP contribution >= 0.6 is 11.6 Å². The highest BCUT2D eigenvalue weighted by molar-refractivity contribution is 7.92. The van der Waals surface area contributed by atoms with Crippen LogP contribution in [-0.4, -0.2) is 18.2 Å². The Morgan fingerprint density at radius 3 is 2.28 bits per heavy atom. The van der Waals surface area contributed by atoms with E-state index in [1.807, 2.05) is 31.2 Å². The number of nitrogens with one attached hydrogen (secondary N) is 1. The normalized spacial score (nSPS) is 11.5. The van der Waals surface area contributed by atoms with Gasteiger partial charge in [0.05, 0.1) is 27.8 Å². The molecule has 7 heteroatoms. The number of halogens is 1. The van der Waals surface area contributed by atoms with E-state index in [0.29, 0.717) is 22.1 Å². The summed E-state index contributed by atoms with van der Waals surface area (Å²) in [5, 5.41) is 4.75. The summed E-state index contributed by atoms with van der Waals surface area (Å²) in [5.41, 5.74) is 3.24. The average molecular weight is 376 g/mol. The van der Waals surface area contributed by atoms with Gasteiger partial charge < -0.3 is 0 Å². The number of nitrogens with zero attached hydrogens (tertiary/aromatic N) is 2. The average Bonchev–Trinajstić information content (AvgIpc) is 2.85.